The zero-order valence-electron chi connectivity index (χ0n) is 11.2. The highest BCUT2D eigenvalue weighted by atomic mass is 79.9. The highest BCUT2D eigenvalue weighted by molar-refractivity contribution is 9.09. The first-order valence-electron chi connectivity index (χ1n) is 6.76. The van der Waals surface area contributed by atoms with E-state index in [-0.39, 0.29) is 5.91 Å². The van der Waals surface area contributed by atoms with E-state index in [1.165, 1.54) is 12.8 Å². The molecule has 0 bridgehead atoms. The molecule has 1 aliphatic rings. The van der Waals surface area contributed by atoms with Gasteiger partial charge in [-0.25, -0.2) is 0 Å². The van der Waals surface area contributed by atoms with E-state index in [0.717, 1.165) is 35.8 Å². The van der Waals surface area contributed by atoms with Crippen LogP contribution >= 0.6 is 27.5 Å². The summed E-state index contributed by atoms with van der Waals surface area (Å²) in [7, 11) is 0. The van der Waals surface area contributed by atoms with E-state index in [1.54, 1.807) is 0 Å². The second kappa shape index (κ2) is 6.76. The Kier molecular flexibility index (Phi) is 5.28. The van der Waals surface area contributed by atoms with Crippen LogP contribution in [0.15, 0.2) is 18.2 Å². The van der Waals surface area contributed by atoms with Gasteiger partial charge in [0.15, 0.2) is 0 Å². The van der Waals surface area contributed by atoms with E-state index in [0.29, 0.717) is 11.1 Å². The molecule has 0 aliphatic heterocycles. The van der Waals surface area contributed by atoms with Crippen LogP contribution in [0.3, 0.4) is 0 Å². The van der Waals surface area contributed by atoms with E-state index < -0.39 is 0 Å². The van der Waals surface area contributed by atoms with Gasteiger partial charge in [-0.3, -0.25) is 4.79 Å². The minimum absolute atomic E-state index is 0.131. The van der Waals surface area contributed by atoms with E-state index in [1.807, 2.05) is 30.0 Å². The smallest absolute Gasteiger partial charge is 0.254 e. The first-order chi connectivity index (χ1) is 9.13. The van der Waals surface area contributed by atoms with Gasteiger partial charge in [0.2, 0.25) is 0 Å². The molecule has 1 amide bonds. The Balaban J connectivity index is 2.20. The summed E-state index contributed by atoms with van der Waals surface area (Å²) >= 11 is 9.47. The molecule has 104 valence electrons. The quantitative estimate of drug-likeness (QED) is 0.740. The maximum atomic E-state index is 12.6. The minimum atomic E-state index is 0.131. The highest BCUT2D eigenvalue weighted by Crippen LogP contribution is 2.26. The summed E-state index contributed by atoms with van der Waals surface area (Å²) in [4.78, 5) is 14.7. The first kappa shape index (κ1) is 14.9. The van der Waals surface area contributed by atoms with E-state index >= 15 is 0 Å². The van der Waals surface area contributed by atoms with Crippen molar-refractivity contribution in [2.75, 3.05) is 11.9 Å². The van der Waals surface area contributed by atoms with Gasteiger partial charge >= 0.3 is 0 Å². The Labute approximate surface area is 128 Å². The summed E-state index contributed by atoms with van der Waals surface area (Å²) in [5, 5.41) is 1.53. The number of amides is 1. The van der Waals surface area contributed by atoms with Gasteiger partial charge in [-0.15, -0.1) is 0 Å². The summed E-state index contributed by atoms with van der Waals surface area (Å²) in [6, 6.07) is 5.93. The van der Waals surface area contributed by atoms with Crippen molar-refractivity contribution in [3.8, 4) is 0 Å². The zero-order valence-corrected chi connectivity index (χ0v) is 13.5. The van der Waals surface area contributed by atoms with Crippen LogP contribution in [0.2, 0.25) is 5.02 Å². The fourth-order valence-electron chi connectivity index (χ4n) is 2.70. The van der Waals surface area contributed by atoms with Crippen molar-refractivity contribution in [2.24, 2.45) is 0 Å². The van der Waals surface area contributed by atoms with Gasteiger partial charge in [-0.1, -0.05) is 40.4 Å². The molecule has 2 nitrogen and oxygen atoms in total. The monoisotopic (exact) mass is 343 g/mol. The lowest BCUT2D eigenvalue weighted by atomic mass is 10.1. The second-order valence-corrected chi connectivity index (χ2v) is 6.29. The molecule has 1 aliphatic carbocycles. The van der Waals surface area contributed by atoms with Gasteiger partial charge < -0.3 is 4.90 Å². The summed E-state index contributed by atoms with van der Waals surface area (Å²) in [6.07, 6.45) is 4.73. The lowest BCUT2D eigenvalue weighted by molar-refractivity contribution is 0.0696. The van der Waals surface area contributed by atoms with E-state index in [4.69, 9.17) is 11.6 Å². The van der Waals surface area contributed by atoms with Gasteiger partial charge in [0, 0.05) is 28.5 Å². The molecule has 0 spiro atoms. The predicted octanol–water partition coefficient (Wildman–Crippen LogP) is 4.43. The van der Waals surface area contributed by atoms with Gasteiger partial charge in [0.05, 0.1) is 0 Å². The number of benzene rings is 1. The van der Waals surface area contributed by atoms with Gasteiger partial charge in [0.25, 0.3) is 5.91 Å². The van der Waals surface area contributed by atoms with Crippen molar-refractivity contribution in [1.29, 1.82) is 0 Å². The van der Waals surface area contributed by atoms with Crippen LogP contribution in [0.25, 0.3) is 0 Å². The molecule has 0 unspecified atom stereocenters. The number of alkyl halides is 1. The summed E-state index contributed by atoms with van der Waals surface area (Å²) in [5.41, 5.74) is 1.70. The van der Waals surface area contributed by atoms with Crippen LogP contribution in [0.5, 0.6) is 0 Å². The molecule has 2 rings (SSSR count). The number of rotatable bonds is 4. The SMILES string of the molecule is Cc1cc(C(=O)N(CCBr)C2CCCC2)ccc1Cl. The second-order valence-electron chi connectivity index (χ2n) is 5.09. The minimum Gasteiger partial charge on any atom is -0.335 e. The van der Waals surface area contributed by atoms with Crippen LogP contribution in [0.4, 0.5) is 0 Å². The number of aryl methyl sites for hydroxylation is 1. The summed E-state index contributed by atoms with van der Waals surface area (Å²) in [6.45, 7) is 2.70. The number of nitrogens with zero attached hydrogens (tertiary/aromatic N) is 1. The largest absolute Gasteiger partial charge is 0.335 e. The number of carbonyl (C=O) groups is 1. The average Bonchev–Trinajstić information content (AvgIpc) is 2.92. The third kappa shape index (κ3) is 3.51. The Morgan fingerprint density at radius 1 is 1.42 bits per heavy atom. The molecule has 0 heterocycles. The molecule has 0 N–H and O–H groups in total. The molecule has 19 heavy (non-hydrogen) atoms. The zero-order chi connectivity index (χ0) is 13.8. The molecule has 0 aromatic heterocycles. The van der Waals surface area contributed by atoms with Crippen molar-refractivity contribution in [3.05, 3.63) is 34.3 Å². The standard InChI is InChI=1S/C15H19BrClNO/c1-11-10-12(6-7-14(11)17)15(19)18(9-8-16)13-4-2-3-5-13/h6-7,10,13H,2-5,8-9H2,1H3. The Morgan fingerprint density at radius 2 is 2.11 bits per heavy atom. The summed E-state index contributed by atoms with van der Waals surface area (Å²) in [5.74, 6) is 0.131. The van der Waals surface area contributed by atoms with Crippen molar-refractivity contribution < 1.29 is 4.79 Å². The Hall–Kier alpha value is -0.540. The van der Waals surface area contributed by atoms with Crippen LogP contribution in [0.1, 0.15) is 41.6 Å². The molecular formula is C15H19BrClNO. The lowest BCUT2D eigenvalue weighted by Gasteiger charge is -2.28. The van der Waals surface area contributed by atoms with Crippen molar-refractivity contribution >= 4 is 33.4 Å². The molecular weight excluding hydrogens is 326 g/mol. The number of carbonyl (C=O) groups excluding carboxylic acids is 1. The normalized spacial score (nSPS) is 15.7. The van der Waals surface area contributed by atoms with Gasteiger partial charge in [0.1, 0.15) is 0 Å². The lowest BCUT2D eigenvalue weighted by Crippen LogP contribution is -2.40. The Bertz CT molecular complexity index is 457. The van der Waals surface area contributed by atoms with Crippen molar-refractivity contribution in [2.45, 2.75) is 38.6 Å². The van der Waals surface area contributed by atoms with Gasteiger partial charge in [-0.2, -0.15) is 0 Å². The van der Waals surface area contributed by atoms with Crippen molar-refractivity contribution in [3.63, 3.8) is 0 Å². The number of hydrogen-bond acceptors (Lipinski definition) is 1. The third-order valence-corrected chi connectivity index (χ3v) is 4.54. The Morgan fingerprint density at radius 3 is 2.68 bits per heavy atom. The highest BCUT2D eigenvalue weighted by Gasteiger charge is 2.26. The molecule has 1 aromatic rings. The molecule has 0 radical (unpaired) electrons. The first-order valence-corrected chi connectivity index (χ1v) is 8.26. The summed E-state index contributed by atoms with van der Waals surface area (Å²) < 4.78 is 0. The van der Waals surface area contributed by atoms with Crippen LogP contribution in [0, 0.1) is 6.92 Å². The third-order valence-electron chi connectivity index (χ3n) is 3.76. The van der Waals surface area contributed by atoms with Crippen molar-refractivity contribution in [1.82, 2.24) is 4.90 Å². The van der Waals surface area contributed by atoms with Crippen LogP contribution in [-0.2, 0) is 0 Å². The van der Waals surface area contributed by atoms with E-state index in [2.05, 4.69) is 15.9 Å². The fourth-order valence-corrected chi connectivity index (χ4v) is 3.20. The molecule has 4 heteroatoms. The molecule has 1 fully saturated rings. The molecule has 1 saturated carbocycles. The van der Waals surface area contributed by atoms with Crippen LogP contribution in [-0.4, -0.2) is 28.7 Å². The van der Waals surface area contributed by atoms with Gasteiger partial charge in [-0.05, 0) is 43.5 Å². The molecule has 1 aromatic carbocycles. The number of halogens is 2. The maximum absolute atomic E-state index is 12.6. The average molecular weight is 345 g/mol. The number of hydrogen-bond donors (Lipinski definition) is 0. The fraction of sp³-hybridized carbons (Fsp3) is 0.533. The predicted molar refractivity (Wildman–Crippen MR) is 83.3 cm³/mol. The maximum Gasteiger partial charge on any atom is 0.254 e. The van der Waals surface area contributed by atoms with E-state index in [9.17, 15) is 4.79 Å². The topological polar surface area (TPSA) is 20.3 Å². The molecule has 0 saturated heterocycles. The molecule has 0 atom stereocenters. The van der Waals surface area contributed by atoms with Crippen LogP contribution < -0.4 is 0 Å².